The van der Waals surface area contributed by atoms with Crippen molar-refractivity contribution in [2.75, 3.05) is 13.1 Å². The van der Waals surface area contributed by atoms with E-state index in [0.717, 1.165) is 13.0 Å². The van der Waals surface area contributed by atoms with Crippen LogP contribution in [-0.2, 0) is 10.2 Å². The van der Waals surface area contributed by atoms with Crippen molar-refractivity contribution in [1.82, 2.24) is 5.32 Å². The molecule has 1 unspecified atom stereocenters. The SMILES string of the molecule is N#Cc1ccccc1C1(C(=O)O)CCCNC1. The van der Waals surface area contributed by atoms with Gasteiger partial charge in [0.1, 0.15) is 5.41 Å². The Bertz CT molecular complexity index is 471. The fraction of sp³-hybridized carbons (Fsp3) is 0.385. The maximum absolute atomic E-state index is 11.6. The minimum absolute atomic E-state index is 0.390. The number of hydrogen-bond acceptors (Lipinski definition) is 3. The summed E-state index contributed by atoms with van der Waals surface area (Å²) < 4.78 is 0. The van der Waals surface area contributed by atoms with Gasteiger partial charge in [-0.2, -0.15) is 5.26 Å². The number of rotatable bonds is 2. The van der Waals surface area contributed by atoms with E-state index < -0.39 is 11.4 Å². The third-order valence-electron chi connectivity index (χ3n) is 3.36. The molecule has 0 bridgehead atoms. The molecule has 0 aromatic heterocycles. The molecule has 2 N–H and O–H groups in total. The number of nitrogens with one attached hydrogen (secondary N) is 1. The van der Waals surface area contributed by atoms with Gasteiger partial charge in [-0.3, -0.25) is 4.79 Å². The zero-order valence-corrected chi connectivity index (χ0v) is 9.44. The summed E-state index contributed by atoms with van der Waals surface area (Å²) >= 11 is 0. The van der Waals surface area contributed by atoms with Gasteiger partial charge in [-0.25, -0.2) is 0 Å². The number of benzene rings is 1. The molecule has 1 aromatic carbocycles. The molecule has 4 nitrogen and oxygen atoms in total. The van der Waals surface area contributed by atoms with Crippen LogP contribution in [0.25, 0.3) is 0 Å². The summed E-state index contributed by atoms with van der Waals surface area (Å²) in [5.74, 6) is -0.854. The van der Waals surface area contributed by atoms with Gasteiger partial charge in [0.2, 0.25) is 0 Å². The second-order valence-electron chi connectivity index (χ2n) is 4.32. The summed E-state index contributed by atoms with van der Waals surface area (Å²) in [6, 6.07) is 9.05. The molecular formula is C13H14N2O2. The van der Waals surface area contributed by atoms with Gasteiger partial charge in [-0.1, -0.05) is 18.2 Å². The summed E-state index contributed by atoms with van der Waals surface area (Å²) in [5.41, 5.74) is 0.130. The third-order valence-corrected chi connectivity index (χ3v) is 3.36. The lowest BCUT2D eigenvalue weighted by Crippen LogP contribution is -2.49. The largest absolute Gasteiger partial charge is 0.481 e. The van der Waals surface area contributed by atoms with Crippen LogP contribution in [0, 0.1) is 11.3 Å². The van der Waals surface area contributed by atoms with Crippen LogP contribution in [0.3, 0.4) is 0 Å². The Morgan fingerprint density at radius 2 is 2.24 bits per heavy atom. The van der Waals surface area contributed by atoms with Crippen LogP contribution in [0.5, 0.6) is 0 Å². The van der Waals surface area contributed by atoms with E-state index in [1.807, 2.05) is 0 Å². The van der Waals surface area contributed by atoms with Crippen LogP contribution in [-0.4, -0.2) is 24.2 Å². The van der Waals surface area contributed by atoms with Crippen LogP contribution in [0.15, 0.2) is 24.3 Å². The summed E-state index contributed by atoms with van der Waals surface area (Å²) in [4.78, 5) is 11.6. The van der Waals surface area contributed by atoms with Crippen LogP contribution in [0.1, 0.15) is 24.0 Å². The molecule has 0 saturated carbocycles. The van der Waals surface area contributed by atoms with Gasteiger partial charge in [0.05, 0.1) is 11.6 Å². The highest BCUT2D eigenvalue weighted by molar-refractivity contribution is 5.83. The van der Waals surface area contributed by atoms with E-state index in [1.54, 1.807) is 24.3 Å². The molecule has 1 saturated heterocycles. The highest BCUT2D eigenvalue weighted by atomic mass is 16.4. The van der Waals surface area contributed by atoms with Gasteiger partial charge in [0, 0.05) is 6.54 Å². The highest BCUT2D eigenvalue weighted by Crippen LogP contribution is 2.33. The van der Waals surface area contributed by atoms with Crippen molar-refractivity contribution in [2.24, 2.45) is 0 Å². The smallest absolute Gasteiger partial charge is 0.315 e. The lowest BCUT2D eigenvalue weighted by atomic mass is 9.73. The number of piperidine rings is 1. The first kappa shape index (κ1) is 11.6. The molecular weight excluding hydrogens is 216 g/mol. The molecule has 2 rings (SSSR count). The molecule has 0 aliphatic carbocycles. The average Bonchev–Trinajstić information content (AvgIpc) is 2.39. The predicted octanol–water partition coefficient (Wildman–Crippen LogP) is 1.26. The Balaban J connectivity index is 2.53. The predicted molar refractivity (Wildman–Crippen MR) is 62.6 cm³/mol. The van der Waals surface area contributed by atoms with E-state index >= 15 is 0 Å². The van der Waals surface area contributed by atoms with Gasteiger partial charge in [0.25, 0.3) is 0 Å². The fourth-order valence-electron chi connectivity index (χ4n) is 2.43. The Morgan fingerprint density at radius 1 is 1.47 bits per heavy atom. The first-order valence-corrected chi connectivity index (χ1v) is 5.64. The standard InChI is InChI=1S/C13H14N2O2/c14-8-10-4-1-2-5-11(10)13(12(16)17)6-3-7-15-9-13/h1-2,4-5,15H,3,6-7,9H2,(H,16,17). The van der Waals surface area contributed by atoms with E-state index in [2.05, 4.69) is 11.4 Å². The fourth-order valence-corrected chi connectivity index (χ4v) is 2.43. The van der Waals surface area contributed by atoms with Gasteiger partial charge in [0.15, 0.2) is 0 Å². The summed E-state index contributed by atoms with van der Waals surface area (Å²) in [6.45, 7) is 1.23. The molecule has 1 atom stereocenters. The molecule has 0 radical (unpaired) electrons. The van der Waals surface area contributed by atoms with Crippen LogP contribution < -0.4 is 5.32 Å². The molecule has 88 valence electrons. The molecule has 1 aliphatic rings. The Morgan fingerprint density at radius 3 is 2.82 bits per heavy atom. The number of carboxylic acids is 1. The van der Waals surface area contributed by atoms with Gasteiger partial charge in [-0.15, -0.1) is 0 Å². The van der Waals surface area contributed by atoms with Crippen LogP contribution in [0.4, 0.5) is 0 Å². The van der Waals surface area contributed by atoms with E-state index in [0.29, 0.717) is 24.1 Å². The van der Waals surface area contributed by atoms with Crippen molar-refractivity contribution >= 4 is 5.97 Å². The minimum Gasteiger partial charge on any atom is -0.481 e. The molecule has 0 spiro atoms. The lowest BCUT2D eigenvalue weighted by Gasteiger charge is -2.34. The zero-order valence-electron chi connectivity index (χ0n) is 9.44. The molecule has 4 heteroatoms. The van der Waals surface area contributed by atoms with Crippen molar-refractivity contribution in [3.63, 3.8) is 0 Å². The number of nitrogens with zero attached hydrogens (tertiary/aromatic N) is 1. The van der Waals surface area contributed by atoms with Gasteiger partial charge < -0.3 is 10.4 Å². The maximum atomic E-state index is 11.6. The first-order valence-electron chi connectivity index (χ1n) is 5.64. The number of nitriles is 1. The minimum atomic E-state index is -0.954. The van der Waals surface area contributed by atoms with E-state index in [-0.39, 0.29) is 0 Å². The van der Waals surface area contributed by atoms with Crippen molar-refractivity contribution < 1.29 is 9.90 Å². The second-order valence-corrected chi connectivity index (χ2v) is 4.32. The molecule has 1 heterocycles. The van der Waals surface area contributed by atoms with E-state index in [4.69, 9.17) is 5.26 Å². The van der Waals surface area contributed by atoms with Gasteiger partial charge >= 0.3 is 5.97 Å². The maximum Gasteiger partial charge on any atom is 0.315 e. The van der Waals surface area contributed by atoms with Crippen molar-refractivity contribution in [2.45, 2.75) is 18.3 Å². The highest BCUT2D eigenvalue weighted by Gasteiger charge is 2.42. The average molecular weight is 230 g/mol. The second kappa shape index (κ2) is 4.56. The molecule has 17 heavy (non-hydrogen) atoms. The first-order chi connectivity index (χ1) is 8.20. The molecule has 1 aliphatic heterocycles. The number of hydrogen-bond donors (Lipinski definition) is 2. The Kier molecular flexibility index (Phi) is 3.12. The molecule has 1 aromatic rings. The molecule has 1 fully saturated rings. The number of carbonyl (C=O) groups is 1. The van der Waals surface area contributed by atoms with Crippen LogP contribution >= 0.6 is 0 Å². The number of carboxylic acid groups (broad SMARTS) is 1. The molecule has 0 amide bonds. The number of aliphatic carboxylic acids is 1. The topological polar surface area (TPSA) is 73.1 Å². The zero-order chi connectivity index (χ0) is 12.3. The monoisotopic (exact) mass is 230 g/mol. The van der Waals surface area contributed by atoms with Crippen molar-refractivity contribution in [3.05, 3.63) is 35.4 Å². The Hall–Kier alpha value is -1.86. The summed E-state index contributed by atoms with van der Waals surface area (Å²) in [5, 5.41) is 21.7. The summed E-state index contributed by atoms with van der Waals surface area (Å²) in [6.07, 6.45) is 1.39. The van der Waals surface area contributed by atoms with Crippen molar-refractivity contribution in [3.8, 4) is 6.07 Å². The Labute approximate surface area is 99.9 Å². The summed E-state index contributed by atoms with van der Waals surface area (Å²) in [7, 11) is 0. The van der Waals surface area contributed by atoms with Gasteiger partial charge in [-0.05, 0) is 31.0 Å². The van der Waals surface area contributed by atoms with Crippen molar-refractivity contribution in [1.29, 1.82) is 5.26 Å². The quantitative estimate of drug-likeness (QED) is 0.802. The lowest BCUT2D eigenvalue weighted by molar-refractivity contribution is -0.144. The van der Waals surface area contributed by atoms with E-state index in [9.17, 15) is 9.90 Å². The normalized spacial score (nSPS) is 23.9. The van der Waals surface area contributed by atoms with Crippen LogP contribution in [0.2, 0.25) is 0 Å². The third kappa shape index (κ3) is 1.90. The van der Waals surface area contributed by atoms with E-state index in [1.165, 1.54) is 0 Å².